The molecule has 15 nitrogen and oxygen atoms in total. The van der Waals surface area contributed by atoms with Crippen LogP contribution in [-0.4, -0.2) is 74.9 Å². The molecule has 29 heavy (non-hydrogen) atoms. The molecule has 0 aromatic carbocycles. The summed E-state index contributed by atoms with van der Waals surface area (Å²) in [7, 11) is -15.8. The lowest BCUT2D eigenvalue weighted by molar-refractivity contribution is -0.335. The molecule has 0 aliphatic heterocycles. The molecule has 0 heterocycles. The van der Waals surface area contributed by atoms with Gasteiger partial charge >= 0.3 is 26.0 Å². The Balaban J connectivity index is 3.48. The Labute approximate surface area is 166 Å². The molecule has 3 unspecified atom stereocenters. The molecule has 1 fully saturated rings. The third-order valence-corrected chi connectivity index (χ3v) is 5.51. The van der Waals surface area contributed by atoms with Gasteiger partial charge in [0, 0.05) is 12.5 Å². The monoisotopic (exact) mass is 490 g/mol. The highest BCUT2D eigenvalue weighted by Crippen LogP contribution is 2.49. The Morgan fingerprint density at radius 1 is 0.897 bits per heavy atom. The van der Waals surface area contributed by atoms with Gasteiger partial charge in [0.15, 0.2) is 0 Å². The van der Waals surface area contributed by atoms with Crippen molar-refractivity contribution in [1.29, 1.82) is 0 Å². The molecule has 0 aromatic rings. The molecule has 0 saturated heterocycles. The lowest BCUT2D eigenvalue weighted by Crippen LogP contribution is -2.63. The minimum absolute atomic E-state index is 0.136. The van der Waals surface area contributed by atoms with Crippen molar-refractivity contribution in [3.63, 3.8) is 0 Å². The van der Waals surface area contributed by atoms with Crippen LogP contribution < -0.4 is 0 Å². The predicted molar refractivity (Wildman–Crippen MR) is 91.6 cm³/mol. The average Bonchev–Trinajstić information content (AvgIpc) is 2.51. The summed E-state index contributed by atoms with van der Waals surface area (Å²) in [6, 6.07) is 0. The molecule has 0 radical (unpaired) electrons. The van der Waals surface area contributed by atoms with E-state index in [1.165, 1.54) is 0 Å². The van der Waals surface area contributed by atoms with E-state index in [-0.39, 0.29) is 6.61 Å². The molecule has 1 aliphatic rings. The van der Waals surface area contributed by atoms with Gasteiger partial charge in [0.25, 0.3) is 0 Å². The van der Waals surface area contributed by atoms with Crippen LogP contribution in [-0.2, 0) is 42.4 Å². The van der Waals surface area contributed by atoms with Crippen LogP contribution in [0.2, 0.25) is 0 Å². The standard InChI is InChI=1S/C11H24O15P2S/c1-3-4-5-22-9-10(25-28(16,17)18)8(24-27(13,14)15)6(2)7(23-12)11(9)26-29(19,20)21/h6-12H,3-5H2,1-2H3,(H2,13,14,15)(H2,16,17,18)(H,19,20,21)/t6?,7-,8+,9?,10+,11?/m1/s1. The zero-order valence-electron chi connectivity index (χ0n) is 15.2. The fraction of sp³-hybridized carbons (Fsp3) is 1.00. The van der Waals surface area contributed by atoms with Crippen LogP contribution in [0.5, 0.6) is 0 Å². The molecule has 0 amide bonds. The van der Waals surface area contributed by atoms with E-state index in [1.54, 1.807) is 6.92 Å². The first-order valence-electron chi connectivity index (χ1n) is 8.15. The van der Waals surface area contributed by atoms with E-state index in [9.17, 15) is 32.6 Å². The van der Waals surface area contributed by atoms with Crippen LogP contribution in [0, 0.1) is 5.92 Å². The predicted octanol–water partition coefficient (Wildman–Crippen LogP) is -0.177. The summed E-state index contributed by atoms with van der Waals surface area (Å²) in [5.41, 5.74) is 0. The van der Waals surface area contributed by atoms with Gasteiger partial charge < -0.3 is 24.3 Å². The maximum atomic E-state index is 11.4. The second-order valence-corrected chi connectivity index (χ2v) is 9.66. The number of phosphoric ester groups is 2. The highest BCUT2D eigenvalue weighted by atomic mass is 32.3. The van der Waals surface area contributed by atoms with Crippen LogP contribution in [0.15, 0.2) is 0 Å². The molecule has 0 aromatic heterocycles. The number of hydrogen-bond donors (Lipinski definition) is 6. The molecule has 1 saturated carbocycles. The first kappa shape index (κ1) is 27.0. The van der Waals surface area contributed by atoms with Gasteiger partial charge in [0.2, 0.25) is 0 Å². The normalized spacial score (nSPS) is 31.7. The third-order valence-electron chi connectivity index (χ3n) is 4.01. The van der Waals surface area contributed by atoms with E-state index in [2.05, 4.69) is 18.1 Å². The number of phosphoric acid groups is 2. The van der Waals surface area contributed by atoms with E-state index in [0.29, 0.717) is 12.8 Å². The maximum Gasteiger partial charge on any atom is 0.470 e. The van der Waals surface area contributed by atoms with Crippen molar-refractivity contribution in [3.05, 3.63) is 0 Å². The molecular weight excluding hydrogens is 466 g/mol. The molecule has 0 bridgehead atoms. The molecule has 174 valence electrons. The van der Waals surface area contributed by atoms with Crippen molar-refractivity contribution < 1.29 is 69.8 Å². The summed E-state index contributed by atoms with van der Waals surface area (Å²) in [5, 5.41) is 9.20. The minimum atomic E-state index is -5.33. The van der Waals surface area contributed by atoms with Gasteiger partial charge in [-0.15, -0.1) is 0 Å². The quantitative estimate of drug-likeness (QED) is 0.0724. The fourth-order valence-electron chi connectivity index (χ4n) is 2.90. The van der Waals surface area contributed by atoms with Gasteiger partial charge in [-0.3, -0.25) is 18.9 Å². The zero-order chi connectivity index (χ0) is 22.6. The third kappa shape index (κ3) is 8.93. The maximum absolute atomic E-state index is 11.4. The van der Waals surface area contributed by atoms with Gasteiger partial charge in [-0.2, -0.15) is 8.42 Å². The van der Waals surface area contributed by atoms with Gasteiger partial charge in [0.1, 0.15) is 30.5 Å². The molecule has 6 atom stereocenters. The molecule has 6 N–H and O–H groups in total. The Hall–Kier alpha value is -0.0300. The number of ether oxygens (including phenoxy) is 1. The second-order valence-electron chi connectivity index (χ2n) is 6.23. The van der Waals surface area contributed by atoms with E-state index in [4.69, 9.17) is 19.1 Å². The van der Waals surface area contributed by atoms with Crippen molar-refractivity contribution in [3.8, 4) is 0 Å². The summed E-state index contributed by atoms with van der Waals surface area (Å²) in [5.74, 6) is -1.37. The Kier molecular flexibility index (Phi) is 9.80. The lowest BCUT2D eigenvalue weighted by Gasteiger charge is -2.46. The Bertz CT molecular complexity index is 716. The summed E-state index contributed by atoms with van der Waals surface area (Å²) in [4.78, 5) is 40.8. The van der Waals surface area contributed by atoms with Crippen LogP contribution >= 0.6 is 15.6 Å². The van der Waals surface area contributed by atoms with Gasteiger partial charge in [0.05, 0.1) is 0 Å². The van der Waals surface area contributed by atoms with E-state index >= 15 is 0 Å². The van der Waals surface area contributed by atoms with Crippen molar-refractivity contribution >= 4 is 26.0 Å². The summed E-state index contributed by atoms with van der Waals surface area (Å²) < 4.78 is 73.2. The highest BCUT2D eigenvalue weighted by molar-refractivity contribution is 7.80. The van der Waals surface area contributed by atoms with Crippen molar-refractivity contribution in [2.45, 2.75) is 57.2 Å². The second kappa shape index (κ2) is 10.5. The molecule has 18 heteroatoms. The van der Waals surface area contributed by atoms with Gasteiger partial charge in [-0.1, -0.05) is 20.3 Å². The van der Waals surface area contributed by atoms with Crippen LogP contribution in [0.1, 0.15) is 26.7 Å². The molecule has 1 aliphatic carbocycles. The first-order chi connectivity index (χ1) is 13.1. The number of rotatable bonds is 11. The average molecular weight is 490 g/mol. The van der Waals surface area contributed by atoms with Crippen molar-refractivity contribution in [2.24, 2.45) is 5.92 Å². The van der Waals surface area contributed by atoms with Gasteiger partial charge in [-0.25, -0.2) is 18.2 Å². The summed E-state index contributed by atoms with van der Waals surface area (Å²) >= 11 is 0. The Morgan fingerprint density at radius 3 is 1.83 bits per heavy atom. The van der Waals surface area contributed by atoms with Gasteiger partial charge in [-0.05, 0) is 6.42 Å². The fourth-order valence-corrected chi connectivity index (χ4v) is 4.58. The van der Waals surface area contributed by atoms with E-state index < -0.39 is 62.5 Å². The summed E-state index contributed by atoms with van der Waals surface area (Å²) in [6.07, 6.45) is -8.34. The minimum Gasteiger partial charge on any atom is -0.373 e. The van der Waals surface area contributed by atoms with Crippen LogP contribution in [0.4, 0.5) is 0 Å². The molecule has 1 rings (SSSR count). The smallest absolute Gasteiger partial charge is 0.373 e. The van der Waals surface area contributed by atoms with Crippen molar-refractivity contribution in [1.82, 2.24) is 0 Å². The number of hydrogen-bond acceptors (Lipinski definition) is 10. The summed E-state index contributed by atoms with van der Waals surface area (Å²) in [6.45, 7) is 2.77. The first-order valence-corrected chi connectivity index (χ1v) is 12.6. The van der Waals surface area contributed by atoms with E-state index in [0.717, 1.165) is 6.92 Å². The topological polar surface area (TPSA) is 236 Å². The number of unbranched alkanes of at least 4 members (excludes halogenated alkanes) is 1. The molecular formula is C11H24O15P2S. The molecule has 0 spiro atoms. The van der Waals surface area contributed by atoms with Crippen molar-refractivity contribution in [2.75, 3.05) is 6.61 Å². The van der Waals surface area contributed by atoms with Crippen LogP contribution in [0.25, 0.3) is 0 Å². The van der Waals surface area contributed by atoms with Crippen LogP contribution in [0.3, 0.4) is 0 Å². The van der Waals surface area contributed by atoms with E-state index in [1.807, 2.05) is 0 Å². The highest BCUT2D eigenvalue weighted by Gasteiger charge is 2.57. The SMILES string of the molecule is CCCCOC1C(OS(=O)(=O)O)[C@H](OO)C(C)[C@H](OP(=O)(O)O)[C@@H]1OP(=O)(O)O. The lowest BCUT2D eigenvalue weighted by atomic mass is 9.79. The largest absolute Gasteiger partial charge is 0.470 e. The Morgan fingerprint density at radius 2 is 1.41 bits per heavy atom. The zero-order valence-corrected chi connectivity index (χ0v) is 17.9.